The molecule has 0 aromatic carbocycles. The van der Waals surface area contributed by atoms with Gasteiger partial charge < -0.3 is 15.4 Å². The van der Waals surface area contributed by atoms with Crippen molar-refractivity contribution in [3.05, 3.63) is 0 Å². The summed E-state index contributed by atoms with van der Waals surface area (Å²) < 4.78 is 5.50. The fraction of sp³-hybridized carbons (Fsp3) is 0.917. The molecule has 0 aromatic rings. The average molecular weight is 385 g/mol. The predicted octanol–water partition coefficient (Wildman–Crippen LogP) is 1.93. The lowest BCUT2D eigenvalue weighted by Gasteiger charge is -2.32. The Hall–Kier alpha value is 0.310. The second kappa shape index (κ2) is 8.47. The van der Waals surface area contributed by atoms with Gasteiger partial charge in [-0.15, -0.1) is 24.0 Å². The van der Waals surface area contributed by atoms with Gasteiger partial charge in [0.25, 0.3) is 0 Å². The summed E-state index contributed by atoms with van der Waals surface area (Å²) in [7, 11) is 0. The highest BCUT2D eigenvalue weighted by Gasteiger charge is 2.19. The van der Waals surface area contributed by atoms with E-state index >= 15 is 0 Å². The van der Waals surface area contributed by atoms with Crippen LogP contribution in [0.3, 0.4) is 0 Å². The van der Waals surface area contributed by atoms with Crippen molar-refractivity contribution >= 4 is 41.7 Å². The smallest absolute Gasteiger partial charge is 0.191 e. The Morgan fingerprint density at radius 2 is 2.33 bits per heavy atom. The summed E-state index contributed by atoms with van der Waals surface area (Å²) in [4.78, 5) is 6.69. The van der Waals surface area contributed by atoms with E-state index in [9.17, 15) is 0 Å². The predicted molar refractivity (Wildman–Crippen MR) is 89.0 cm³/mol. The van der Waals surface area contributed by atoms with Crippen LogP contribution in [0.2, 0.25) is 0 Å². The second-order valence-corrected chi connectivity index (χ2v) is 6.22. The van der Waals surface area contributed by atoms with Crippen LogP contribution >= 0.6 is 35.7 Å². The topological polar surface area (TPSA) is 50.8 Å². The van der Waals surface area contributed by atoms with Crippen molar-refractivity contribution in [2.24, 2.45) is 10.7 Å². The van der Waals surface area contributed by atoms with Gasteiger partial charge in [-0.3, -0.25) is 4.99 Å². The van der Waals surface area contributed by atoms with Gasteiger partial charge in [0.05, 0.1) is 19.3 Å². The van der Waals surface area contributed by atoms with Crippen molar-refractivity contribution in [1.82, 2.24) is 4.90 Å². The molecule has 0 radical (unpaired) electrons. The first-order valence-corrected chi connectivity index (χ1v) is 7.58. The van der Waals surface area contributed by atoms with E-state index in [0.29, 0.717) is 11.2 Å². The molecule has 2 rings (SSSR count). The Morgan fingerprint density at radius 1 is 1.50 bits per heavy atom. The molecule has 2 saturated heterocycles. The molecule has 18 heavy (non-hydrogen) atoms. The minimum Gasteiger partial charge on any atom is -0.375 e. The Morgan fingerprint density at radius 3 is 3.00 bits per heavy atom. The molecule has 2 N–H and O–H groups in total. The van der Waals surface area contributed by atoms with Gasteiger partial charge in [-0.2, -0.15) is 11.8 Å². The number of nitrogens with zero attached hydrogens (tertiary/aromatic N) is 2. The van der Waals surface area contributed by atoms with Gasteiger partial charge >= 0.3 is 0 Å². The molecule has 2 fully saturated rings. The second-order valence-electron chi connectivity index (χ2n) is 4.81. The van der Waals surface area contributed by atoms with E-state index in [1.165, 1.54) is 25.0 Å². The number of thioether (sulfide) groups is 1. The molecule has 4 nitrogen and oxygen atoms in total. The van der Waals surface area contributed by atoms with E-state index in [1.54, 1.807) is 0 Å². The molecule has 0 saturated carbocycles. The number of guanidine groups is 1. The molecular weight excluding hydrogens is 361 g/mol. The highest BCUT2D eigenvalue weighted by Crippen LogP contribution is 2.25. The van der Waals surface area contributed by atoms with Crippen LogP contribution in [0, 0.1) is 0 Å². The van der Waals surface area contributed by atoms with Gasteiger partial charge in [0.2, 0.25) is 0 Å². The highest BCUT2D eigenvalue weighted by atomic mass is 127. The van der Waals surface area contributed by atoms with Crippen LogP contribution in [0.1, 0.15) is 26.2 Å². The third-order valence-corrected chi connectivity index (χ3v) is 4.68. The van der Waals surface area contributed by atoms with Gasteiger partial charge in [0.15, 0.2) is 5.96 Å². The number of ether oxygens (including phenoxy) is 1. The monoisotopic (exact) mass is 385 g/mol. The first-order chi connectivity index (χ1) is 8.25. The number of morpholine rings is 1. The number of hydrogen-bond donors (Lipinski definition) is 1. The van der Waals surface area contributed by atoms with Crippen LogP contribution < -0.4 is 5.73 Å². The van der Waals surface area contributed by atoms with Crippen LogP contribution in [0.5, 0.6) is 0 Å². The summed E-state index contributed by atoms with van der Waals surface area (Å²) in [6, 6.07) is 0. The molecule has 2 unspecified atom stereocenters. The van der Waals surface area contributed by atoms with E-state index in [4.69, 9.17) is 10.5 Å². The van der Waals surface area contributed by atoms with Crippen molar-refractivity contribution in [3.8, 4) is 0 Å². The molecule has 0 aliphatic carbocycles. The van der Waals surface area contributed by atoms with Gasteiger partial charge in [0.1, 0.15) is 0 Å². The lowest BCUT2D eigenvalue weighted by atomic mass is 10.2. The zero-order chi connectivity index (χ0) is 12.1. The van der Waals surface area contributed by atoms with Crippen LogP contribution in [-0.2, 0) is 4.74 Å². The zero-order valence-electron chi connectivity index (χ0n) is 11.0. The molecule has 0 bridgehead atoms. The number of hydrogen-bond acceptors (Lipinski definition) is 3. The maximum atomic E-state index is 6.04. The fourth-order valence-corrected chi connectivity index (χ4v) is 3.49. The van der Waals surface area contributed by atoms with Crippen molar-refractivity contribution < 1.29 is 4.74 Å². The summed E-state index contributed by atoms with van der Waals surface area (Å²) in [5, 5.41) is 0.681. The first kappa shape index (κ1) is 16.4. The molecule has 2 heterocycles. The number of aliphatic imine (C=N–C) groups is 1. The minimum atomic E-state index is 0. The lowest BCUT2D eigenvalue weighted by molar-refractivity contribution is 0.00530. The average Bonchev–Trinajstić information content (AvgIpc) is 2.37. The SMILES string of the molecule is CC1CN(C(N)=NCC2CCCCS2)CCO1.I. The van der Waals surface area contributed by atoms with E-state index in [2.05, 4.69) is 16.8 Å². The molecule has 2 atom stereocenters. The maximum Gasteiger partial charge on any atom is 0.191 e. The summed E-state index contributed by atoms with van der Waals surface area (Å²) >= 11 is 2.05. The summed E-state index contributed by atoms with van der Waals surface area (Å²) in [5.41, 5.74) is 6.04. The van der Waals surface area contributed by atoms with E-state index in [1.807, 2.05) is 11.8 Å². The normalized spacial score (nSPS) is 29.8. The Bertz CT molecular complexity index is 272. The molecule has 6 heteroatoms. The maximum absolute atomic E-state index is 6.04. The molecule has 0 aromatic heterocycles. The Balaban J connectivity index is 0.00000162. The van der Waals surface area contributed by atoms with Gasteiger partial charge in [-0.05, 0) is 25.5 Å². The Labute approximate surface area is 131 Å². The van der Waals surface area contributed by atoms with Crippen LogP contribution in [0.4, 0.5) is 0 Å². The van der Waals surface area contributed by atoms with Crippen molar-refractivity contribution in [2.45, 2.75) is 37.5 Å². The van der Waals surface area contributed by atoms with Gasteiger partial charge in [0, 0.05) is 18.3 Å². The summed E-state index contributed by atoms with van der Waals surface area (Å²) in [6.07, 6.45) is 4.27. The zero-order valence-corrected chi connectivity index (χ0v) is 14.2. The third kappa shape index (κ3) is 5.13. The fourth-order valence-electron chi connectivity index (χ4n) is 2.27. The van der Waals surface area contributed by atoms with Crippen LogP contribution in [-0.4, -0.2) is 54.2 Å². The molecular formula is C12H24IN3OS. The van der Waals surface area contributed by atoms with E-state index < -0.39 is 0 Å². The largest absolute Gasteiger partial charge is 0.375 e. The lowest BCUT2D eigenvalue weighted by Crippen LogP contribution is -2.48. The molecule has 0 amide bonds. The van der Waals surface area contributed by atoms with Gasteiger partial charge in [-0.25, -0.2) is 0 Å². The summed E-state index contributed by atoms with van der Waals surface area (Å²) in [5.74, 6) is 1.99. The molecule has 0 spiro atoms. The first-order valence-electron chi connectivity index (χ1n) is 6.54. The standard InChI is InChI=1S/C12H23N3OS.HI/c1-10-9-15(5-6-16-10)12(13)14-8-11-4-2-3-7-17-11;/h10-11H,2-9H2,1H3,(H2,13,14);1H. The number of halogens is 1. The molecule has 106 valence electrons. The van der Waals surface area contributed by atoms with Crippen molar-refractivity contribution in [2.75, 3.05) is 32.0 Å². The minimum absolute atomic E-state index is 0. The summed E-state index contributed by atoms with van der Waals surface area (Å²) in [6.45, 7) is 5.46. The van der Waals surface area contributed by atoms with Crippen LogP contribution in [0.25, 0.3) is 0 Å². The number of rotatable bonds is 2. The van der Waals surface area contributed by atoms with Crippen molar-refractivity contribution in [3.63, 3.8) is 0 Å². The van der Waals surface area contributed by atoms with E-state index in [-0.39, 0.29) is 30.1 Å². The van der Waals surface area contributed by atoms with Crippen LogP contribution in [0.15, 0.2) is 4.99 Å². The third-order valence-electron chi connectivity index (χ3n) is 3.30. The van der Waals surface area contributed by atoms with Crippen molar-refractivity contribution in [1.29, 1.82) is 0 Å². The quantitative estimate of drug-likeness (QED) is 0.448. The Kier molecular flexibility index (Phi) is 7.70. The molecule has 2 aliphatic rings. The molecule has 2 aliphatic heterocycles. The highest BCUT2D eigenvalue weighted by molar-refractivity contribution is 14.0. The van der Waals surface area contributed by atoms with E-state index in [0.717, 1.165) is 26.2 Å². The van der Waals surface area contributed by atoms with Gasteiger partial charge in [-0.1, -0.05) is 6.42 Å². The number of nitrogens with two attached hydrogens (primary N) is 1.